The maximum Gasteiger partial charge on any atom is 0.238 e. The van der Waals surface area contributed by atoms with Crippen molar-refractivity contribution >= 4 is 65.7 Å². The molecule has 13 aromatic rings. The fourth-order valence-electron chi connectivity index (χ4n) is 10.7. The highest BCUT2D eigenvalue weighted by Crippen LogP contribution is 2.57. The topological polar surface area (TPSA) is 69.9 Å². The van der Waals surface area contributed by atoms with Gasteiger partial charge in [-0.1, -0.05) is 170 Å². The van der Waals surface area contributed by atoms with E-state index >= 15 is 0 Å². The van der Waals surface area contributed by atoms with Crippen LogP contribution in [-0.2, 0) is 5.41 Å². The highest BCUT2D eigenvalue weighted by molar-refractivity contribution is 6.13. The fourth-order valence-corrected chi connectivity index (χ4v) is 10.7. The van der Waals surface area contributed by atoms with Gasteiger partial charge in [0.05, 0.1) is 11.0 Å². The minimum atomic E-state index is -1.01. The summed E-state index contributed by atoms with van der Waals surface area (Å²) in [5.74, 6) is 1.70. The number of rotatable bonds is 5. The van der Waals surface area contributed by atoms with E-state index in [1.165, 1.54) is 0 Å². The Balaban J connectivity index is 1.12. The summed E-state index contributed by atoms with van der Waals surface area (Å²) in [7, 11) is 0. The van der Waals surface area contributed by atoms with Crippen molar-refractivity contribution in [3.8, 4) is 39.6 Å². The van der Waals surface area contributed by atoms with Crippen LogP contribution in [-0.4, -0.2) is 19.5 Å². The van der Waals surface area contributed by atoms with Gasteiger partial charge in [0, 0.05) is 43.4 Å². The molecule has 4 aromatic heterocycles. The van der Waals surface area contributed by atoms with Crippen molar-refractivity contribution in [2.24, 2.45) is 0 Å². The van der Waals surface area contributed by atoms with Gasteiger partial charge in [0.1, 0.15) is 27.7 Å². The average Bonchev–Trinajstić information content (AvgIpc) is 4.11. The molecule has 298 valence electrons. The summed E-state index contributed by atoms with van der Waals surface area (Å²) >= 11 is 0. The Morgan fingerprint density at radius 3 is 1.66 bits per heavy atom. The summed E-state index contributed by atoms with van der Waals surface area (Å²) in [6.07, 6.45) is 0. The molecule has 4 heterocycles. The quantitative estimate of drug-likeness (QED) is 0.173. The second-order valence-electron chi connectivity index (χ2n) is 16.6. The lowest BCUT2D eigenvalue weighted by molar-refractivity contribution is 0.632. The average molecular weight is 819 g/mol. The lowest BCUT2D eigenvalue weighted by Gasteiger charge is -2.32. The van der Waals surface area contributed by atoms with Crippen LogP contribution >= 0.6 is 0 Å². The van der Waals surface area contributed by atoms with Crippen LogP contribution in [0.5, 0.6) is 0 Å². The van der Waals surface area contributed by atoms with E-state index in [-0.39, 0.29) is 0 Å². The molecular weight excluding hydrogens is 785 g/mol. The summed E-state index contributed by atoms with van der Waals surface area (Å²) in [6, 6.07) is 72.2. The van der Waals surface area contributed by atoms with Crippen LogP contribution in [0.15, 0.2) is 215 Å². The fraction of sp³-hybridized carbons (Fsp3) is 0.0172. The number of hydrogen-bond donors (Lipinski definition) is 0. The van der Waals surface area contributed by atoms with Gasteiger partial charge in [-0.25, -0.2) is 4.98 Å². The van der Waals surface area contributed by atoms with Crippen molar-refractivity contribution in [3.05, 3.63) is 229 Å². The minimum absolute atomic E-state index is 0.531. The van der Waals surface area contributed by atoms with E-state index in [1.54, 1.807) is 0 Å². The Kier molecular flexibility index (Phi) is 7.22. The Morgan fingerprint density at radius 2 is 0.906 bits per heavy atom. The molecule has 9 aromatic carbocycles. The third kappa shape index (κ3) is 4.76. The van der Waals surface area contributed by atoms with E-state index in [4.69, 9.17) is 23.8 Å². The highest BCUT2D eigenvalue weighted by atomic mass is 16.3. The van der Waals surface area contributed by atoms with Crippen LogP contribution in [0.1, 0.15) is 22.5 Å². The smallest absolute Gasteiger partial charge is 0.238 e. The van der Waals surface area contributed by atoms with Gasteiger partial charge in [0.25, 0.3) is 0 Å². The van der Waals surface area contributed by atoms with Crippen LogP contribution in [0.2, 0.25) is 0 Å². The van der Waals surface area contributed by atoms with Crippen LogP contribution < -0.4 is 0 Å². The first-order valence-corrected chi connectivity index (χ1v) is 21.6. The largest absolute Gasteiger partial charge is 0.456 e. The van der Waals surface area contributed by atoms with Crippen molar-refractivity contribution in [2.75, 3.05) is 0 Å². The van der Waals surface area contributed by atoms with Crippen LogP contribution in [0.4, 0.5) is 0 Å². The molecule has 6 nitrogen and oxygen atoms in total. The van der Waals surface area contributed by atoms with Crippen molar-refractivity contribution in [1.82, 2.24) is 19.5 Å². The molecule has 0 saturated heterocycles. The lowest BCUT2D eigenvalue weighted by Crippen LogP contribution is -2.32. The monoisotopic (exact) mass is 818 g/mol. The molecule has 0 unspecified atom stereocenters. The number of aromatic nitrogens is 4. The van der Waals surface area contributed by atoms with Gasteiger partial charge >= 0.3 is 0 Å². The molecule has 6 heteroatoms. The molecule has 14 rings (SSSR count). The van der Waals surface area contributed by atoms with Gasteiger partial charge in [-0.2, -0.15) is 9.97 Å². The van der Waals surface area contributed by atoms with Gasteiger partial charge in [0.2, 0.25) is 5.95 Å². The number of benzene rings is 9. The van der Waals surface area contributed by atoms with E-state index in [9.17, 15) is 0 Å². The number of hydrogen-bond acceptors (Lipinski definition) is 5. The molecule has 0 radical (unpaired) electrons. The third-order valence-corrected chi connectivity index (χ3v) is 13.3. The number of fused-ring (bicyclic) bond motifs is 12. The predicted molar refractivity (Wildman–Crippen MR) is 257 cm³/mol. The van der Waals surface area contributed by atoms with E-state index < -0.39 is 5.41 Å². The summed E-state index contributed by atoms with van der Waals surface area (Å²) in [4.78, 5) is 16.9. The SMILES string of the molecule is c1cc(-c2nc(-n3c4ccccc4c4ccccc43)nc(C3(c4cccc5c4oc4ccccc45)c4ccccc4-c4ccccc43)n2)cc(-c2cccc3oc4ccccc4c23)c1. The lowest BCUT2D eigenvalue weighted by atomic mass is 9.71. The summed E-state index contributed by atoms with van der Waals surface area (Å²) in [5, 5.41) is 6.52. The van der Waals surface area contributed by atoms with E-state index in [0.717, 1.165) is 110 Å². The van der Waals surface area contributed by atoms with Gasteiger partial charge in [-0.15, -0.1) is 0 Å². The molecule has 0 saturated carbocycles. The first kappa shape index (κ1) is 35.0. The van der Waals surface area contributed by atoms with Crippen LogP contribution in [0, 0.1) is 0 Å². The van der Waals surface area contributed by atoms with Gasteiger partial charge in [0.15, 0.2) is 11.6 Å². The molecule has 0 atom stereocenters. The molecule has 0 aliphatic heterocycles. The van der Waals surface area contributed by atoms with Crippen molar-refractivity contribution in [2.45, 2.75) is 5.41 Å². The summed E-state index contributed by atoms with van der Waals surface area (Å²) < 4.78 is 15.5. The normalized spacial score (nSPS) is 13.1. The molecule has 0 spiro atoms. The van der Waals surface area contributed by atoms with Crippen molar-refractivity contribution in [3.63, 3.8) is 0 Å². The van der Waals surface area contributed by atoms with Gasteiger partial charge in [-0.3, -0.25) is 4.57 Å². The molecule has 0 N–H and O–H groups in total. The maximum atomic E-state index is 6.94. The maximum absolute atomic E-state index is 6.94. The first-order chi connectivity index (χ1) is 31.7. The Morgan fingerprint density at radius 1 is 0.375 bits per heavy atom. The second kappa shape index (κ2) is 13.2. The number of nitrogens with zero attached hydrogens (tertiary/aromatic N) is 4. The molecule has 1 aliphatic rings. The minimum Gasteiger partial charge on any atom is -0.456 e. The van der Waals surface area contributed by atoms with Crippen LogP contribution in [0.3, 0.4) is 0 Å². The Bertz CT molecular complexity index is 3960. The summed E-state index contributed by atoms with van der Waals surface area (Å²) in [5.41, 5.74) is 12.7. The zero-order valence-corrected chi connectivity index (χ0v) is 34.2. The molecule has 0 bridgehead atoms. The second-order valence-corrected chi connectivity index (χ2v) is 16.6. The molecule has 0 amide bonds. The van der Waals surface area contributed by atoms with E-state index in [2.05, 4.69) is 180 Å². The summed E-state index contributed by atoms with van der Waals surface area (Å²) in [6.45, 7) is 0. The Hall–Kier alpha value is -8.61. The number of para-hydroxylation sites is 5. The standard InChI is InChI=1S/C58H34N4O2/c1-7-26-45-38(18-1)39-19-2-8-27-46(39)58(45,47-28-14-25-43-42-22-5-11-31-50(42)64-54(43)47)56-59-55(60-57(61-56)62-48-29-9-3-20-40(48)41-21-4-10-30-49(41)62)36-17-13-16-35(34-36)37-24-15-33-52-53(37)44-23-6-12-32-51(44)63-52/h1-34H. The zero-order valence-electron chi connectivity index (χ0n) is 34.2. The van der Waals surface area contributed by atoms with Crippen molar-refractivity contribution in [1.29, 1.82) is 0 Å². The molecule has 1 aliphatic carbocycles. The highest BCUT2D eigenvalue weighted by Gasteiger charge is 2.50. The molecular formula is C58H34N4O2. The number of furan rings is 2. The third-order valence-electron chi connectivity index (χ3n) is 13.3. The Labute approximate surface area is 366 Å². The zero-order chi connectivity index (χ0) is 41.9. The van der Waals surface area contributed by atoms with Gasteiger partial charge < -0.3 is 8.83 Å². The van der Waals surface area contributed by atoms with E-state index in [0.29, 0.717) is 17.6 Å². The predicted octanol–water partition coefficient (Wildman–Crippen LogP) is 14.5. The molecule has 0 fully saturated rings. The van der Waals surface area contributed by atoms with E-state index in [1.807, 2.05) is 30.3 Å². The van der Waals surface area contributed by atoms with Crippen LogP contribution in [0.25, 0.3) is 105 Å². The molecule has 64 heavy (non-hydrogen) atoms. The first-order valence-electron chi connectivity index (χ1n) is 21.6. The van der Waals surface area contributed by atoms with Crippen molar-refractivity contribution < 1.29 is 8.83 Å². The van der Waals surface area contributed by atoms with Gasteiger partial charge in [-0.05, 0) is 69.8 Å².